The first-order chi connectivity index (χ1) is 6.74. The molecule has 0 spiro atoms. The maximum absolute atomic E-state index is 8.67. The van der Waals surface area contributed by atoms with Crippen LogP contribution in [0.15, 0.2) is 24.3 Å². The van der Waals surface area contributed by atoms with Gasteiger partial charge in [0.25, 0.3) is 0 Å². The third-order valence-electron chi connectivity index (χ3n) is 2.09. The average Bonchev–Trinajstić information content (AvgIpc) is 2.19. The predicted molar refractivity (Wildman–Crippen MR) is 62.4 cm³/mol. The quantitative estimate of drug-likeness (QED) is 0.585. The van der Waals surface area contributed by atoms with Gasteiger partial charge in [0.1, 0.15) is 0 Å². The van der Waals surface area contributed by atoms with E-state index in [-0.39, 0.29) is 6.61 Å². The van der Waals surface area contributed by atoms with Crippen LogP contribution >= 0.6 is 0 Å². The molecule has 0 aliphatic carbocycles. The van der Waals surface area contributed by atoms with E-state index in [0.717, 1.165) is 19.3 Å². The number of allylic oxidation sites excluding steroid dienone is 2. The van der Waals surface area contributed by atoms with Crippen LogP contribution in [0.25, 0.3) is 0 Å². The van der Waals surface area contributed by atoms with E-state index in [1.807, 2.05) is 0 Å². The molecule has 2 heteroatoms. The summed E-state index contributed by atoms with van der Waals surface area (Å²) < 4.78 is 0. The van der Waals surface area contributed by atoms with E-state index in [0.29, 0.717) is 12.6 Å². The molecule has 0 fully saturated rings. The van der Waals surface area contributed by atoms with Crippen LogP contribution < -0.4 is 5.32 Å². The molecule has 0 bridgehead atoms. The van der Waals surface area contributed by atoms with Gasteiger partial charge in [-0.1, -0.05) is 44.6 Å². The molecule has 0 aromatic carbocycles. The van der Waals surface area contributed by atoms with E-state index in [4.69, 9.17) is 5.11 Å². The summed E-state index contributed by atoms with van der Waals surface area (Å²) in [6, 6.07) is 0.357. The van der Waals surface area contributed by atoms with Gasteiger partial charge in [0.05, 0.1) is 6.61 Å². The standard InChI is InChI=1S/C12H23NO/c1-4-6-11(3)7-8-12(5-2)13-9-10-14/h7-8,12-14H,3-6,9-10H2,1-2H3/b8-7-. The van der Waals surface area contributed by atoms with Gasteiger partial charge in [-0.25, -0.2) is 0 Å². The zero-order valence-electron chi connectivity index (χ0n) is 9.42. The molecule has 0 rings (SSSR count). The van der Waals surface area contributed by atoms with Crippen LogP contribution in [0.4, 0.5) is 0 Å². The molecule has 1 atom stereocenters. The fourth-order valence-electron chi connectivity index (χ4n) is 1.26. The molecule has 0 aromatic heterocycles. The number of hydrogen-bond donors (Lipinski definition) is 2. The molecule has 0 amide bonds. The van der Waals surface area contributed by atoms with E-state index < -0.39 is 0 Å². The van der Waals surface area contributed by atoms with Crippen molar-refractivity contribution in [1.29, 1.82) is 0 Å². The Hall–Kier alpha value is -0.600. The molecule has 0 aromatic rings. The third-order valence-corrected chi connectivity index (χ3v) is 2.09. The van der Waals surface area contributed by atoms with E-state index in [1.165, 1.54) is 5.57 Å². The van der Waals surface area contributed by atoms with Gasteiger partial charge < -0.3 is 10.4 Å². The maximum Gasteiger partial charge on any atom is 0.0556 e. The lowest BCUT2D eigenvalue weighted by molar-refractivity contribution is 0.288. The molecule has 0 saturated carbocycles. The molecule has 1 unspecified atom stereocenters. The Bertz CT molecular complexity index is 175. The van der Waals surface area contributed by atoms with Crippen molar-refractivity contribution in [3.05, 3.63) is 24.3 Å². The SMILES string of the molecule is C=C(/C=C\C(CC)NCCO)CCC. The highest BCUT2D eigenvalue weighted by Crippen LogP contribution is 2.04. The molecule has 0 saturated heterocycles. The zero-order valence-corrected chi connectivity index (χ0v) is 9.42. The van der Waals surface area contributed by atoms with Crippen molar-refractivity contribution in [1.82, 2.24) is 5.32 Å². The van der Waals surface area contributed by atoms with Crippen molar-refractivity contribution in [2.45, 2.75) is 39.2 Å². The average molecular weight is 197 g/mol. The fraction of sp³-hybridized carbons (Fsp3) is 0.667. The van der Waals surface area contributed by atoms with Crippen molar-refractivity contribution >= 4 is 0 Å². The second-order valence-electron chi connectivity index (χ2n) is 3.46. The molecule has 0 heterocycles. The molecular formula is C12H23NO. The maximum atomic E-state index is 8.67. The van der Waals surface area contributed by atoms with Crippen molar-refractivity contribution in [2.75, 3.05) is 13.2 Å². The first kappa shape index (κ1) is 13.4. The third kappa shape index (κ3) is 6.87. The summed E-state index contributed by atoms with van der Waals surface area (Å²) in [6.45, 7) is 9.10. The van der Waals surface area contributed by atoms with Crippen molar-refractivity contribution in [2.24, 2.45) is 0 Å². The van der Waals surface area contributed by atoms with Gasteiger partial charge in [-0.05, 0) is 12.8 Å². The molecule has 0 radical (unpaired) electrons. The minimum absolute atomic E-state index is 0.195. The monoisotopic (exact) mass is 197 g/mol. The number of aliphatic hydroxyl groups excluding tert-OH is 1. The molecule has 2 N–H and O–H groups in total. The van der Waals surface area contributed by atoms with Gasteiger partial charge in [0.2, 0.25) is 0 Å². The highest BCUT2D eigenvalue weighted by Gasteiger charge is 1.98. The molecule has 82 valence electrons. The van der Waals surface area contributed by atoms with E-state index >= 15 is 0 Å². The van der Waals surface area contributed by atoms with Crippen LogP contribution in [0.3, 0.4) is 0 Å². The largest absolute Gasteiger partial charge is 0.395 e. The van der Waals surface area contributed by atoms with Gasteiger partial charge in [-0.15, -0.1) is 0 Å². The number of hydrogen-bond acceptors (Lipinski definition) is 2. The van der Waals surface area contributed by atoms with Crippen molar-refractivity contribution in [3.8, 4) is 0 Å². The van der Waals surface area contributed by atoms with Crippen LogP contribution in [0.5, 0.6) is 0 Å². The van der Waals surface area contributed by atoms with E-state index in [1.54, 1.807) is 0 Å². The van der Waals surface area contributed by atoms with Gasteiger partial charge >= 0.3 is 0 Å². The Labute approximate surface area is 87.7 Å². The Kier molecular flexibility index (Phi) is 8.59. The van der Waals surface area contributed by atoms with Crippen LogP contribution in [0, 0.1) is 0 Å². The summed E-state index contributed by atoms with van der Waals surface area (Å²) >= 11 is 0. The van der Waals surface area contributed by atoms with Crippen molar-refractivity contribution in [3.63, 3.8) is 0 Å². The molecule has 2 nitrogen and oxygen atoms in total. The number of rotatable bonds is 8. The normalized spacial score (nSPS) is 13.4. The topological polar surface area (TPSA) is 32.3 Å². The smallest absolute Gasteiger partial charge is 0.0556 e. The molecule has 14 heavy (non-hydrogen) atoms. The predicted octanol–water partition coefficient (Wildman–Crippen LogP) is 2.26. The Morgan fingerprint density at radius 3 is 2.71 bits per heavy atom. The highest BCUT2D eigenvalue weighted by molar-refractivity contribution is 5.15. The summed E-state index contributed by atoms with van der Waals surface area (Å²) in [5.74, 6) is 0. The summed E-state index contributed by atoms with van der Waals surface area (Å²) in [5, 5.41) is 11.9. The zero-order chi connectivity index (χ0) is 10.8. The van der Waals surface area contributed by atoms with Crippen molar-refractivity contribution < 1.29 is 5.11 Å². The summed E-state index contributed by atoms with van der Waals surface area (Å²) in [5.41, 5.74) is 1.18. The lowest BCUT2D eigenvalue weighted by Crippen LogP contribution is -2.29. The van der Waals surface area contributed by atoms with Crippen LogP contribution in [0.2, 0.25) is 0 Å². The van der Waals surface area contributed by atoms with Gasteiger partial charge in [-0.3, -0.25) is 0 Å². The fourth-order valence-corrected chi connectivity index (χ4v) is 1.26. The number of nitrogens with one attached hydrogen (secondary N) is 1. The minimum Gasteiger partial charge on any atom is -0.395 e. The molecular weight excluding hydrogens is 174 g/mol. The highest BCUT2D eigenvalue weighted by atomic mass is 16.3. The van der Waals surface area contributed by atoms with Gasteiger partial charge in [-0.2, -0.15) is 0 Å². The summed E-state index contributed by atoms with van der Waals surface area (Å²) in [6.07, 6.45) is 7.46. The lowest BCUT2D eigenvalue weighted by atomic mass is 10.1. The van der Waals surface area contributed by atoms with Crippen LogP contribution in [-0.2, 0) is 0 Å². The van der Waals surface area contributed by atoms with Crippen LogP contribution in [0.1, 0.15) is 33.1 Å². The Balaban J connectivity index is 3.84. The molecule has 0 aliphatic heterocycles. The second-order valence-corrected chi connectivity index (χ2v) is 3.46. The van der Waals surface area contributed by atoms with E-state index in [9.17, 15) is 0 Å². The minimum atomic E-state index is 0.195. The van der Waals surface area contributed by atoms with E-state index in [2.05, 4.69) is 37.9 Å². The summed E-state index contributed by atoms with van der Waals surface area (Å²) in [4.78, 5) is 0. The van der Waals surface area contributed by atoms with Crippen LogP contribution in [-0.4, -0.2) is 24.3 Å². The first-order valence-corrected chi connectivity index (χ1v) is 5.44. The number of aliphatic hydroxyl groups is 1. The first-order valence-electron chi connectivity index (χ1n) is 5.44. The lowest BCUT2D eigenvalue weighted by Gasteiger charge is -2.11. The van der Waals surface area contributed by atoms with Gasteiger partial charge in [0, 0.05) is 12.6 Å². The Morgan fingerprint density at radius 1 is 1.50 bits per heavy atom. The van der Waals surface area contributed by atoms with Gasteiger partial charge in [0.15, 0.2) is 0 Å². The Morgan fingerprint density at radius 2 is 2.21 bits per heavy atom. The summed E-state index contributed by atoms with van der Waals surface area (Å²) in [7, 11) is 0. The molecule has 0 aliphatic rings. The second kappa shape index (κ2) is 8.97.